The Kier molecular flexibility index (Phi) is 8.53. The first-order valence-electron chi connectivity index (χ1n) is 8.87. The lowest BCUT2D eigenvalue weighted by Crippen LogP contribution is -2.51. The zero-order valence-corrected chi connectivity index (χ0v) is 16.3. The van der Waals surface area contributed by atoms with Crippen molar-refractivity contribution in [3.05, 3.63) is 23.8 Å². The molecule has 5 nitrogen and oxygen atoms in total. The lowest BCUT2D eigenvalue weighted by molar-refractivity contribution is -0.126. The Morgan fingerprint density at radius 1 is 1.36 bits per heavy atom. The van der Waals surface area contributed by atoms with Crippen LogP contribution in [-0.4, -0.2) is 24.7 Å². The molecule has 0 aromatic heterocycles. The average molecular weight is 371 g/mol. The topological polar surface area (TPSA) is 73.6 Å². The van der Waals surface area contributed by atoms with Crippen molar-refractivity contribution in [2.45, 2.75) is 70.6 Å². The van der Waals surface area contributed by atoms with Crippen LogP contribution < -0.4 is 20.5 Å². The number of hydrogen-bond acceptors (Lipinski definition) is 4. The number of carbonyl (C=O) groups is 1. The molecule has 1 unspecified atom stereocenters. The standard InChI is InChI=1S/C19H30N2O3.ClH/c1-4-12-19(2,20)18(22)21-13-14-8-7-11-16(23-3)17(14)24-15-9-5-6-10-15;/h7-8,11,15H,4-6,9-10,12-13,20H2,1-3H3,(H,21,22);1H. The molecule has 1 fully saturated rings. The summed E-state index contributed by atoms with van der Waals surface area (Å²) in [5, 5.41) is 2.94. The third-order valence-corrected chi connectivity index (χ3v) is 4.59. The summed E-state index contributed by atoms with van der Waals surface area (Å²) in [7, 11) is 1.64. The van der Waals surface area contributed by atoms with Gasteiger partial charge < -0.3 is 20.5 Å². The second kappa shape index (κ2) is 9.88. The summed E-state index contributed by atoms with van der Waals surface area (Å²) in [5.74, 6) is 1.30. The predicted molar refractivity (Wildman–Crippen MR) is 102 cm³/mol. The number of methoxy groups -OCH3 is 1. The van der Waals surface area contributed by atoms with Crippen LogP contribution in [0.5, 0.6) is 11.5 Å². The minimum absolute atomic E-state index is 0. The van der Waals surface area contributed by atoms with Gasteiger partial charge in [-0.1, -0.05) is 25.5 Å². The molecule has 0 radical (unpaired) electrons. The SMILES string of the molecule is CCCC(C)(N)C(=O)NCc1cccc(OC)c1OC1CCCC1.Cl. The van der Waals surface area contributed by atoms with Crippen LogP contribution in [0.2, 0.25) is 0 Å². The monoisotopic (exact) mass is 370 g/mol. The largest absolute Gasteiger partial charge is 0.493 e. The minimum Gasteiger partial charge on any atom is -0.493 e. The van der Waals surface area contributed by atoms with E-state index in [1.807, 2.05) is 25.1 Å². The molecule has 1 amide bonds. The Bertz CT molecular complexity index is 558. The van der Waals surface area contributed by atoms with Gasteiger partial charge in [0.15, 0.2) is 11.5 Å². The molecule has 6 heteroatoms. The molecule has 1 atom stereocenters. The Balaban J connectivity index is 0.00000312. The van der Waals surface area contributed by atoms with E-state index in [0.29, 0.717) is 18.7 Å². The van der Waals surface area contributed by atoms with Crippen molar-refractivity contribution >= 4 is 18.3 Å². The summed E-state index contributed by atoms with van der Waals surface area (Å²) in [6.07, 6.45) is 6.30. The maximum absolute atomic E-state index is 12.3. The van der Waals surface area contributed by atoms with Gasteiger partial charge in [0.2, 0.25) is 5.91 Å². The van der Waals surface area contributed by atoms with E-state index in [1.54, 1.807) is 14.0 Å². The van der Waals surface area contributed by atoms with E-state index < -0.39 is 5.54 Å². The average Bonchev–Trinajstić information content (AvgIpc) is 3.06. The van der Waals surface area contributed by atoms with Crippen molar-refractivity contribution in [1.29, 1.82) is 0 Å². The number of nitrogens with one attached hydrogen (secondary N) is 1. The highest BCUT2D eigenvalue weighted by Gasteiger charge is 2.27. The first kappa shape index (κ1) is 21.6. The van der Waals surface area contributed by atoms with Crippen molar-refractivity contribution in [3.8, 4) is 11.5 Å². The lowest BCUT2D eigenvalue weighted by Gasteiger charge is -2.24. The Morgan fingerprint density at radius 2 is 2.04 bits per heavy atom. The van der Waals surface area contributed by atoms with E-state index in [1.165, 1.54) is 12.8 Å². The van der Waals surface area contributed by atoms with E-state index in [4.69, 9.17) is 15.2 Å². The van der Waals surface area contributed by atoms with Gasteiger partial charge in [0, 0.05) is 12.1 Å². The number of rotatable bonds is 8. The number of amides is 1. The van der Waals surface area contributed by atoms with E-state index >= 15 is 0 Å². The maximum Gasteiger partial charge on any atom is 0.240 e. The second-order valence-electron chi connectivity index (χ2n) is 6.82. The fourth-order valence-corrected chi connectivity index (χ4v) is 3.18. The molecule has 0 heterocycles. The van der Waals surface area contributed by atoms with Crippen LogP contribution in [0.1, 0.15) is 57.9 Å². The van der Waals surface area contributed by atoms with Crippen LogP contribution in [0.3, 0.4) is 0 Å². The van der Waals surface area contributed by atoms with E-state index in [-0.39, 0.29) is 24.4 Å². The van der Waals surface area contributed by atoms with Crippen molar-refractivity contribution in [1.82, 2.24) is 5.32 Å². The number of hydrogen-bond donors (Lipinski definition) is 2. The summed E-state index contributed by atoms with van der Waals surface area (Å²) >= 11 is 0. The molecule has 1 aliphatic carbocycles. The third kappa shape index (κ3) is 5.79. The summed E-state index contributed by atoms with van der Waals surface area (Å²) < 4.78 is 11.6. The molecule has 0 saturated heterocycles. The Labute approximate surface area is 157 Å². The highest BCUT2D eigenvalue weighted by atomic mass is 35.5. The molecule has 1 saturated carbocycles. The molecule has 3 N–H and O–H groups in total. The van der Waals surface area contributed by atoms with Gasteiger partial charge in [0.1, 0.15) is 0 Å². The predicted octanol–water partition coefficient (Wildman–Crippen LogP) is 3.57. The molecule has 142 valence electrons. The van der Waals surface area contributed by atoms with Crippen LogP contribution in [0.15, 0.2) is 18.2 Å². The number of ether oxygens (including phenoxy) is 2. The fourth-order valence-electron chi connectivity index (χ4n) is 3.18. The quantitative estimate of drug-likeness (QED) is 0.733. The zero-order valence-electron chi connectivity index (χ0n) is 15.5. The summed E-state index contributed by atoms with van der Waals surface area (Å²) in [6.45, 7) is 4.18. The fraction of sp³-hybridized carbons (Fsp3) is 0.632. The minimum atomic E-state index is -0.847. The summed E-state index contributed by atoms with van der Waals surface area (Å²) in [4.78, 5) is 12.3. The smallest absolute Gasteiger partial charge is 0.240 e. The molecule has 0 spiro atoms. The second-order valence-corrected chi connectivity index (χ2v) is 6.82. The van der Waals surface area contributed by atoms with Gasteiger partial charge in [-0.05, 0) is 45.1 Å². The maximum atomic E-state index is 12.3. The van der Waals surface area contributed by atoms with Gasteiger partial charge in [0.25, 0.3) is 0 Å². The molecule has 0 aliphatic heterocycles. The molecule has 1 aromatic rings. The molecule has 1 aromatic carbocycles. The Hall–Kier alpha value is -1.46. The number of carbonyl (C=O) groups excluding carboxylic acids is 1. The van der Waals surface area contributed by atoms with Crippen molar-refractivity contribution < 1.29 is 14.3 Å². The first-order valence-corrected chi connectivity index (χ1v) is 8.87. The Morgan fingerprint density at radius 3 is 2.64 bits per heavy atom. The van der Waals surface area contributed by atoms with Crippen molar-refractivity contribution in [3.63, 3.8) is 0 Å². The van der Waals surface area contributed by atoms with Gasteiger partial charge in [0.05, 0.1) is 18.8 Å². The molecular weight excluding hydrogens is 340 g/mol. The van der Waals surface area contributed by atoms with Crippen molar-refractivity contribution in [2.75, 3.05) is 7.11 Å². The normalized spacial score (nSPS) is 16.6. The molecule has 1 aliphatic rings. The number of nitrogens with two attached hydrogens (primary N) is 1. The highest BCUT2D eigenvalue weighted by molar-refractivity contribution is 5.85. The van der Waals surface area contributed by atoms with E-state index in [2.05, 4.69) is 5.32 Å². The zero-order chi connectivity index (χ0) is 17.6. The molecule has 25 heavy (non-hydrogen) atoms. The van der Waals surface area contributed by atoms with E-state index in [9.17, 15) is 4.79 Å². The van der Waals surface area contributed by atoms with Gasteiger partial charge in [-0.2, -0.15) is 0 Å². The number of benzene rings is 1. The summed E-state index contributed by atoms with van der Waals surface area (Å²) in [5.41, 5.74) is 6.16. The van der Waals surface area contributed by atoms with Crippen molar-refractivity contribution in [2.24, 2.45) is 5.73 Å². The molecule has 2 rings (SSSR count). The van der Waals surface area contributed by atoms with Crippen LogP contribution >= 0.6 is 12.4 Å². The van der Waals surface area contributed by atoms with Crippen LogP contribution in [-0.2, 0) is 11.3 Å². The van der Waals surface area contributed by atoms with Gasteiger partial charge in [-0.25, -0.2) is 0 Å². The van der Waals surface area contributed by atoms with Crippen LogP contribution in [0.4, 0.5) is 0 Å². The van der Waals surface area contributed by atoms with E-state index in [0.717, 1.165) is 30.6 Å². The number of para-hydroxylation sites is 1. The summed E-state index contributed by atoms with van der Waals surface area (Å²) in [6, 6.07) is 5.76. The third-order valence-electron chi connectivity index (χ3n) is 4.59. The first-order chi connectivity index (χ1) is 11.5. The van der Waals surface area contributed by atoms with Crippen LogP contribution in [0.25, 0.3) is 0 Å². The number of halogens is 1. The van der Waals surface area contributed by atoms with Gasteiger partial charge in [-0.15, -0.1) is 12.4 Å². The lowest BCUT2D eigenvalue weighted by atomic mass is 9.96. The molecular formula is C19H31ClN2O3. The van der Waals surface area contributed by atoms with Gasteiger partial charge in [-0.3, -0.25) is 4.79 Å². The highest BCUT2D eigenvalue weighted by Crippen LogP contribution is 2.34. The molecule has 0 bridgehead atoms. The van der Waals surface area contributed by atoms with Crippen LogP contribution in [0, 0.1) is 0 Å². The van der Waals surface area contributed by atoms with Gasteiger partial charge >= 0.3 is 0 Å².